The lowest BCUT2D eigenvalue weighted by Crippen LogP contribution is -2.61. The standard InChI is InChI=1S/C18H20F6O10S2/c1-5-15(3,4)14(26)33-10(2)32-13(25)11-6-8-12(9-7-11)34-36(30,31)18(23,24)16(19,20)17(21,22)35(27,28)29/h6-10H,5H2,1-4H3,(H,27,28,29). The molecule has 0 spiro atoms. The van der Waals surface area contributed by atoms with E-state index in [2.05, 4.69) is 4.18 Å². The molecule has 36 heavy (non-hydrogen) atoms. The maximum atomic E-state index is 13.8. The third kappa shape index (κ3) is 6.03. The summed E-state index contributed by atoms with van der Waals surface area (Å²) in [6.07, 6.45) is -0.993. The van der Waals surface area contributed by atoms with Crippen LogP contribution in [0, 0.1) is 5.41 Å². The molecule has 0 saturated carbocycles. The molecule has 1 aromatic rings. The van der Waals surface area contributed by atoms with Gasteiger partial charge in [0, 0.05) is 6.92 Å². The van der Waals surface area contributed by atoms with Gasteiger partial charge in [-0.3, -0.25) is 9.35 Å². The van der Waals surface area contributed by atoms with Crippen molar-refractivity contribution < 1.29 is 71.0 Å². The van der Waals surface area contributed by atoms with Gasteiger partial charge in [-0.25, -0.2) is 4.79 Å². The minimum atomic E-state index is -7.19. The van der Waals surface area contributed by atoms with Crippen LogP contribution < -0.4 is 4.18 Å². The van der Waals surface area contributed by atoms with E-state index in [1.807, 2.05) is 0 Å². The molecular weight excluding hydrogens is 554 g/mol. The molecule has 0 heterocycles. The second-order valence-corrected chi connectivity index (χ2v) is 10.8. The van der Waals surface area contributed by atoms with Crippen molar-refractivity contribution in [2.45, 2.75) is 56.8 Å². The number of carbonyl (C=O) groups excluding carboxylic acids is 2. The first kappa shape index (κ1) is 31.4. The zero-order valence-corrected chi connectivity index (χ0v) is 20.4. The van der Waals surface area contributed by atoms with Crippen LogP contribution in [0.5, 0.6) is 5.75 Å². The maximum absolute atomic E-state index is 13.8. The molecule has 0 aromatic heterocycles. The number of carbonyl (C=O) groups is 2. The van der Waals surface area contributed by atoms with Gasteiger partial charge in [0.15, 0.2) is 0 Å². The highest BCUT2D eigenvalue weighted by Crippen LogP contribution is 2.50. The van der Waals surface area contributed by atoms with Crippen LogP contribution in [-0.2, 0) is 34.5 Å². The van der Waals surface area contributed by atoms with Gasteiger partial charge in [0.25, 0.3) is 0 Å². The molecule has 18 heteroatoms. The molecule has 1 rings (SSSR count). The van der Waals surface area contributed by atoms with Crippen LogP contribution in [0.3, 0.4) is 0 Å². The van der Waals surface area contributed by atoms with Crippen molar-refractivity contribution in [2.24, 2.45) is 5.41 Å². The number of benzene rings is 1. The van der Waals surface area contributed by atoms with Crippen LogP contribution >= 0.6 is 0 Å². The van der Waals surface area contributed by atoms with Gasteiger partial charge in [-0.15, -0.1) is 0 Å². The van der Waals surface area contributed by atoms with Gasteiger partial charge in [-0.05, 0) is 44.5 Å². The number of ether oxygens (including phenoxy) is 2. The van der Waals surface area contributed by atoms with Crippen molar-refractivity contribution >= 4 is 32.2 Å². The van der Waals surface area contributed by atoms with Gasteiger partial charge in [0.2, 0.25) is 6.29 Å². The monoisotopic (exact) mass is 574 g/mol. The van der Waals surface area contributed by atoms with Gasteiger partial charge >= 0.3 is 48.6 Å². The second kappa shape index (κ2) is 10.0. The van der Waals surface area contributed by atoms with E-state index in [0.717, 1.165) is 0 Å². The van der Waals surface area contributed by atoms with Crippen LogP contribution in [0.25, 0.3) is 0 Å². The number of halogens is 6. The van der Waals surface area contributed by atoms with Crippen molar-refractivity contribution in [1.29, 1.82) is 0 Å². The van der Waals surface area contributed by atoms with Crippen molar-refractivity contribution in [1.82, 2.24) is 0 Å². The molecule has 0 aliphatic heterocycles. The molecule has 0 radical (unpaired) electrons. The molecule has 0 amide bonds. The molecular formula is C18H20F6O10S2. The highest BCUT2D eigenvalue weighted by Gasteiger charge is 2.83. The van der Waals surface area contributed by atoms with Crippen molar-refractivity contribution in [3.63, 3.8) is 0 Å². The summed E-state index contributed by atoms with van der Waals surface area (Å²) in [6.45, 7) is 6.04. The Bertz CT molecular complexity index is 1200. The highest BCUT2D eigenvalue weighted by molar-refractivity contribution is 7.88. The summed E-state index contributed by atoms with van der Waals surface area (Å²) in [5.74, 6) is -10.2. The van der Waals surface area contributed by atoms with E-state index in [4.69, 9.17) is 14.0 Å². The fraction of sp³-hybridized carbons (Fsp3) is 0.556. The Balaban J connectivity index is 3.05. The van der Waals surface area contributed by atoms with Gasteiger partial charge in [0.05, 0.1) is 11.0 Å². The Hall–Kier alpha value is -2.60. The number of alkyl halides is 6. The summed E-state index contributed by atoms with van der Waals surface area (Å²) in [7, 11) is -14.2. The predicted octanol–water partition coefficient (Wildman–Crippen LogP) is 3.59. The highest BCUT2D eigenvalue weighted by atomic mass is 32.2. The molecule has 0 aliphatic rings. The predicted molar refractivity (Wildman–Crippen MR) is 107 cm³/mol. The van der Waals surface area contributed by atoms with Gasteiger partial charge in [-0.1, -0.05) is 6.92 Å². The first-order valence-electron chi connectivity index (χ1n) is 9.51. The third-order valence-electron chi connectivity index (χ3n) is 4.65. The molecule has 10 nitrogen and oxygen atoms in total. The number of rotatable bonds is 11. The number of esters is 2. The summed E-state index contributed by atoms with van der Waals surface area (Å²) in [5, 5.41) is -13.8. The Labute approximate surface area is 201 Å². The average Bonchev–Trinajstić information content (AvgIpc) is 2.72. The fourth-order valence-electron chi connectivity index (χ4n) is 2.01. The van der Waals surface area contributed by atoms with E-state index >= 15 is 0 Å². The molecule has 0 fully saturated rings. The first-order chi connectivity index (χ1) is 15.9. The largest absolute Gasteiger partial charge is 0.450 e. The minimum absolute atomic E-state index is 0.396. The van der Waals surface area contributed by atoms with Crippen LogP contribution in [0.2, 0.25) is 0 Å². The molecule has 1 unspecified atom stereocenters. The third-order valence-corrected chi connectivity index (χ3v) is 6.85. The van der Waals surface area contributed by atoms with Crippen molar-refractivity contribution in [2.75, 3.05) is 0 Å². The van der Waals surface area contributed by atoms with Crippen LogP contribution in [0.1, 0.15) is 44.5 Å². The van der Waals surface area contributed by atoms with Gasteiger partial charge < -0.3 is 13.7 Å². The SMILES string of the molecule is CCC(C)(C)C(=O)OC(C)OC(=O)c1ccc(OS(=O)(=O)C(F)(F)C(F)(F)C(F)(F)S(=O)(=O)O)cc1. The van der Waals surface area contributed by atoms with Crippen LogP contribution in [0.4, 0.5) is 26.3 Å². The Kier molecular flexibility index (Phi) is 8.77. The molecule has 0 saturated heterocycles. The van der Waals surface area contributed by atoms with Crippen molar-refractivity contribution in [3.05, 3.63) is 29.8 Å². The molecule has 1 N–H and O–H groups in total. The van der Waals surface area contributed by atoms with E-state index < -0.39 is 71.6 Å². The summed E-state index contributed by atoms with van der Waals surface area (Å²) >= 11 is 0. The molecule has 0 bridgehead atoms. The summed E-state index contributed by atoms with van der Waals surface area (Å²) in [4.78, 5) is 24.1. The minimum Gasteiger partial charge on any atom is -0.425 e. The zero-order chi connectivity index (χ0) is 28.5. The zero-order valence-electron chi connectivity index (χ0n) is 18.8. The molecule has 1 aromatic carbocycles. The smallest absolute Gasteiger partial charge is 0.425 e. The second-order valence-electron chi connectivity index (χ2n) is 7.76. The lowest BCUT2D eigenvalue weighted by atomic mass is 9.91. The molecule has 1 atom stereocenters. The molecule has 0 aliphatic carbocycles. The number of hydrogen-bond donors (Lipinski definition) is 1. The lowest BCUT2D eigenvalue weighted by Gasteiger charge is -2.29. The lowest BCUT2D eigenvalue weighted by molar-refractivity contribution is -0.247. The van der Waals surface area contributed by atoms with E-state index in [0.29, 0.717) is 30.7 Å². The van der Waals surface area contributed by atoms with E-state index in [9.17, 15) is 52.8 Å². The van der Waals surface area contributed by atoms with E-state index in [1.54, 1.807) is 20.8 Å². The molecule has 206 valence electrons. The summed E-state index contributed by atoms with van der Waals surface area (Å²) in [6, 6.07) is 2.34. The number of hydrogen-bond acceptors (Lipinski definition) is 9. The van der Waals surface area contributed by atoms with E-state index in [-0.39, 0.29) is 0 Å². The van der Waals surface area contributed by atoms with Gasteiger partial charge in [-0.2, -0.15) is 43.2 Å². The topological polar surface area (TPSA) is 150 Å². The fourth-order valence-corrected chi connectivity index (χ4v) is 3.44. The van der Waals surface area contributed by atoms with Crippen LogP contribution in [0.15, 0.2) is 24.3 Å². The van der Waals surface area contributed by atoms with Crippen molar-refractivity contribution in [3.8, 4) is 5.75 Å². The Morgan fingerprint density at radius 3 is 1.81 bits per heavy atom. The summed E-state index contributed by atoms with van der Waals surface area (Å²) < 4.78 is 147. The first-order valence-corrected chi connectivity index (χ1v) is 12.4. The quantitative estimate of drug-likeness (QED) is 0.137. The Morgan fingerprint density at radius 2 is 1.39 bits per heavy atom. The maximum Gasteiger partial charge on any atom is 0.450 e. The average molecular weight is 574 g/mol. The van der Waals surface area contributed by atoms with Gasteiger partial charge in [0.1, 0.15) is 5.75 Å². The van der Waals surface area contributed by atoms with Crippen LogP contribution in [-0.4, -0.2) is 56.0 Å². The normalized spacial score (nSPS) is 14.6. The van der Waals surface area contributed by atoms with E-state index in [1.165, 1.54) is 6.92 Å². The summed E-state index contributed by atoms with van der Waals surface area (Å²) in [5.41, 5.74) is -1.29. The Morgan fingerprint density at radius 1 is 0.917 bits per heavy atom.